The van der Waals surface area contributed by atoms with E-state index in [1.165, 1.54) is 17.0 Å². The van der Waals surface area contributed by atoms with Crippen molar-refractivity contribution in [3.8, 4) is 6.07 Å². The van der Waals surface area contributed by atoms with Crippen LogP contribution < -0.4 is 5.32 Å². The van der Waals surface area contributed by atoms with Crippen LogP contribution in [0.2, 0.25) is 0 Å². The highest BCUT2D eigenvalue weighted by atomic mass is 32.1. The smallest absolute Gasteiger partial charge is 0.270 e. The number of non-ortho nitro benzene ring substituents is 1. The number of nitrogens with zero attached hydrogens (tertiary/aromatic N) is 2. The zero-order valence-electron chi connectivity index (χ0n) is 11.1. The van der Waals surface area contributed by atoms with Gasteiger partial charge in [0.05, 0.1) is 22.2 Å². The topological polar surface area (TPSA) is 79.0 Å². The molecule has 5 nitrogen and oxygen atoms in total. The average Bonchev–Trinajstić information content (AvgIpc) is 2.85. The predicted octanol–water partition coefficient (Wildman–Crippen LogP) is 4.01. The van der Waals surface area contributed by atoms with Crippen molar-refractivity contribution in [1.82, 2.24) is 0 Å². The summed E-state index contributed by atoms with van der Waals surface area (Å²) >= 11 is 1.68. The van der Waals surface area contributed by atoms with Gasteiger partial charge < -0.3 is 5.32 Å². The van der Waals surface area contributed by atoms with Crippen molar-refractivity contribution in [2.45, 2.75) is 19.9 Å². The van der Waals surface area contributed by atoms with Gasteiger partial charge in [0, 0.05) is 21.9 Å². The van der Waals surface area contributed by atoms with Crippen molar-refractivity contribution in [2.24, 2.45) is 0 Å². The SMILES string of the molecule is Cc1ccc(C(C)Nc2ccc([N+](=O)[O-])cc2C#N)s1. The Morgan fingerprint density at radius 1 is 1.40 bits per heavy atom. The van der Waals surface area contributed by atoms with Gasteiger partial charge in [-0.05, 0) is 32.0 Å². The van der Waals surface area contributed by atoms with Gasteiger partial charge in [-0.1, -0.05) is 0 Å². The average molecular weight is 287 g/mol. The Labute approximate surface area is 120 Å². The molecule has 20 heavy (non-hydrogen) atoms. The maximum absolute atomic E-state index is 10.7. The predicted molar refractivity (Wildman–Crippen MR) is 78.9 cm³/mol. The Hall–Kier alpha value is -2.39. The summed E-state index contributed by atoms with van der Waals surface area (Å²) in [6.07, 6.45) is 0. The molecule has 0 aliphatic heterocycles. The molecule has 0 radical (unpaired) electrons. The normalized spacial score (nSPS) is 11.7. The van der Waals surface area contributed by atoms with Crippen LogP contribution in [-0.4, -0.2) is 4.92 Å². The van der Waals surface area contributed by atoms with E-state index in [4.69, 9.17) is 5.26 Å². The van der Waals surface area contributed by atoms with Crippen LogP contribution in [0.5, 0.6) is 0 Å². The molecular formula is C14H13N3O2S. The van der Waals surface area contributed by atoms with Gasteiger partial charge in [0.15, 0.2) is 0 Å². The van der Waals surface area contributed by atoms with Crippen molar-refractivity contribution >= 4 is 22.7 Å². The van der Waals surface area contributed by atoms with Gasteiger partial charge in [0.1, 0.15) is 6.07 Å². The molecule has 1 atom stereocenters. The Morgan fingerprint density at radius 3 is 2.70 bits per heavy atom. The van der Waals surface area contributed by atoms with Gasteiger partial charge in [-0.2, -0.15) is 5.26 Å². The third-order valence-electron chi connectivity index (χ3n) is 2.89. The van der Waals surface area contributed by atoms with Crippen molar-refractivity contribution in [1.29, 1.82) is 5.26 Å². The first-order valence-corrected chi connectivity index (χ1v) is 6.84. The first kappa shape index (κ1) is 14.0. The highest BCUT2D eigenvalue weighted by Crippen LogP contribution is 2.28. The molecule has 1 heterocycles. The number of hydrogen-bond acceptors (Lipinski definition) is 5. The number of benzene rings is 1. The molecule has 0 fully saturated rings. The number of nitro benzene ring substituents is 1. The number of hydrogen-bond donors (Lipinski definition) is 1. The van der Waals surface area contributed by atoms with E-state index in [0.29, 0.717) is 5.69 Å². The number of rotatable bonds is 4. The maximum Gasteiger partial charge on any atom is 0.270 e. The summed E-state index contributed by atoms with van der Waals surface area (Å²) in [4.78, 5) is 12.6. The monoisotopic (exact) mass is 287 g/mol. The van der Waals surface area contributed by atoms with Gasteiger partial charge in [0.25, 0.3) is 5.69 Å². The second-order valence-electron chi connectivity index (χ2n) is 4.41. The molecule has 0 aliphatic carbocycles. The van der Waals surface area contributed by atoms with Crippen molar-refractivity contribution < 1.29 is 4.92 Å². The second kappa shape index (κ2) is 5.72. The lowest BCUT2D eigenvalue weighted by atomic mass is 10.1. The molecule has 1 unspecified atom stereocenters. The lowest BCUT2D eigenvalue weighted by Crippen LogP contribution is -2.06. The van der Waals surface area contributed by atoms with E-state index in [1.807, 2.05) is 32.0 Å². The molecule has 1 aromatic heterocycles. The highest BCUT2D eigenvalue weighted by Gasteiger charge is 2.13. The lowest BCUT2D eigenvalue weighted by Gasteiger charge is -2.14. The van der Waals surface area contributed by atoms with Gasteiger partial charge in [-0.25, -0.2) is 0 Å². The Morgan fingerprint density at radius 2 is 2.15 bits per heavy atom. The summed E-state index contributed by atoms with van der Waals surface area (Å²) in [6.45, 7) is 4.03. The minimum absolute atomic E-state index is 0.0438. The molecule has 0 saturated carbocycles. The van der Waals surface area contributed by atoms with E-state index in [1.54, 1.807) is 17.4 Å². The molecular weight excluding hydrogens is 274 g/mol. The zero-order chi connectivity index (χ0) is 14.7. The molecule has 102 valence electrons. The number of nitriles is 1. The summed E-state index contributed by atoms with van der Waals surface area (Å²) in [6, 6.07) is 10.4. The Kier molecular flexibility index (Phi) is 4.01. The minimum atomic E-state index is -0.503. The van der Waals surface area contributed by atoms with Crippen LogP contribution in [0.4, 0.5) is 11.4 Å². The lowest BCUT2D eigenvalue weighted by molar-refractivity contribution is -0.384. The van der Waals surface area contributed by atoms with Gasteiger partial charge in [0.2, 0.25) is 0 Å². The highest BCUT2D eigenvalue weighted by molar-refractivity contribution is 7.12. The summed E-state index contributed by atoms with van der Waals surface area (Å²) < 4.78 is 0. The molecule has 0 aliphatic rings. The van der Waals surface area contributed by atoms with Crippen LogP contribution in [0, 0.1) is 28.4 Å². The molecule has 2 aromatic rings. The Bertz CT molecular complexity index is 688. The first-order valence-electron chi connectivity index (χ1n) is 6.02. The number of thiophene rings is 1. The van der Waals surface area contributed by atoms with Crippen LogP contribution in [-0.2, 0) is 0 Å². The zero-order valence-corrected chi connectivity index (χ0v) is 11.9. The van der Waals surface area contributed by atoms with Crippen LogP contribution in [0.1, 0.15) is 28.3 Å². The number of nitro groups is 1. The second-order valence-corrected chi connectivity index (χ2v) is 5.73. The van der Waals surface area contributed by atoms with Gasteiger partial charge in [-0.3, -0.25) is 10.1 Å². The number of anilines is 1. The fraction of sp³-hybridized carbons (Fsp3) is 0.214. The summed E-state index contributed by atoms with van der Waals surface area (Å²) in [5.74, 6) is 0. The molecule has 6 heteroatoms. The summed E-state index contributed by atoms with van der Waals surface area (Å²) in [5, 5.41) is 23.0. The van der Waals surface area contributed by atoms with Crippen LogP contribution >= 0.6 is 11.3 Å². The van der Waals surface area contributed by atoms with E-state index in [-0.39, 0.29) is 17.3 Å². The number of aryl methyl sites for hydroxylation is 1. The third kappa shape index (κ3) is 2.95. The fourth-order valence-electron chi connectivity index (χ4n) is 1.85. The van der Waals surface area contributed by atoms with Crippen LogP contribution in [0.25, 0.3) is 0 Å². The fourth-order valence-corrected chi connectivity index (χ4v) is 2.73. The van der Waals surface area contributed by atoms with Crippen molar-refractivity contribution in [2.75, 3.05) is 5.32 Å². The molecule has 1 aromatic carbocycles. The molecule has 1 N–H and O–H groups in total. The summed E-state index contributed by atoms with van der Waals surface area (Å²) in [7, 11) is 0. The van der Waals surface area contributed by atoms with Crippen molar-refractivity contribution in [3.05, 3.63) is 55.8 Å². The molecule has 2 rings (SSSR count). The largest absolute Gasteiger partial charge is 0.377 e. The molecule has 0 amide bonds. The number of nitrogens with one attached hydrogen (secondary N) is 1. The third-order valence-corrected chi connectivity index (χ3v) is 4.08. The van der Waals surface area contributed by atoms with Crippen molar-refractivity contribution in [3.63, 3.8) is 0 Å². The van der Waals surface area contributed by atoms with E-state index in [9.17, 15) is 10.1 Å². The molecule has 0 bridgehead atoms. The summed E-state index contributed by atoms with van der Waals surface area (Å²) in [5.41, 5.74) is 0.808. The van der Waals surface area contributed by atoms with E-state index < -0.39 is 4.92 Å². The first-order chi connectivity index (χ1) is 9.51. The maximum atomic E-state index is 10.7. The standard InChI is InChI=1S/C14H13N3O2S/c1-9-3-6-14(20-9)10(2)16-13-5-4-12(17(18)19)7-11(13)8-15/h3-7,10,16H,1-2H3. The van der Waals surface area contributed by atoms with Gasteiger partial charge in [-0.15, -0.1) is 11.3 Å². The van der Waals surface area contributed by atoms with Crippen LogP contribution in [0.15, 0.2) is 30.3 Å². The van der Waals surface area contributed by atoms with E-state index >= 15 is 0 Å². The van der Waals surface area contributed by atoms with E-state index in [0.717, 1.165) is 4.88 Å². The molecule has 0 spiro atoms. The minimum Gasteiger partial charge on any atom is -0.377 e. The van der Waals surface area contributed by atoms with Gasteiger partial charge >= 0.3 is 0 Å². The quantitative estimate of drug-likeness (QED) is 0.680. The Balaban J connectivity index is 2.25. The van der Waals surface area contributed by atoms with Crippen LogP contribution in [0.3, 0.4) is 0 Å². The van der Waals surface area contributed by atoms with E-state index in [2.05, 4.69) is 5.32 Å². The molecule has 0 saturated heterocycles.